The molecule has 3 rings (SSSR count). The number of ether oxygens (including phenoxy) is 1. The SMILES string of the molecule is CC1Oc2ccc(NC(=O)CCSc3ccccc3F)cc2NC1=O. The van der Waals surface area contributed by atoms with Gasteiger partial charge in [0.2, 0.25) is 5.91 Å². The zero-order valence-corrected chi connectivity index (χ0v) is 14.4. The molecule has 0 radical (unpaired) electrons. The average Bonchev–Trinajstić information content (AvgIpc) is 2.58. The minimum atomic E-state index is -0.539. The largest absolute Gasteiger partial charge is 0.479 e. The molecule has 0 spiro atoms. The number of amides is 2. The summed E-state index contributed by atoms with van der Waals surface area (Å²) in [5, 5.41) is 5.50. The lowest BCUT2D eigenvalue weighted by Gasteiger charge is -2.23. The molecule has 0 aliphatic carbocycles. The molecule has 0 saturated carbocycles. The van der Waals surface area contributed by atoms with Crippen molar-refractivity contribution in [3.05, 3.63) is 48.3 Å². The first-order chi connectivity index (χ1) is 12.0. The van der Waals surface area contributed by atoms with Gasteiger partial charge in [-0.25, -0.2) is 4.39 Å². The number of carbonyl (C=O) groups is 2. The van der Waals surface area contributed by atoms with Crippen molar-refractivity contribution in [3.63, 3.8) is 0 Å². The second-order valence-corrected chi connectivity index (χ2v) is 6.67. The minimum Gasteiger partial charge on any atom is -0.479 e. The number of benzene rings is 2. The third kappa shape index (κ3) is 4.30. The highest BCUT2D eigenvalue weighted by molar-refractivity contribution is 7.99. The zero-order valence-electron chi connectivity index (χ0n) is 13.5. The number of hydrogen-bond acceptors (Lipinski definition) is 4. The van der Waals surface area contributed by atoms with Crippen molar-refractivity contribution in [1.29, 1.82) is 0 Å². The van der Waals surface area contributed by atoms with Crippen LogP contribution in [0.25, 0.3) is 0 Å². The van der Waals surface area contributed by atoms with Gasteiger partial charge >= 0.3 is 0 Å². The van der Waals surface area contributed by atoms with Crippen molar-refractivity contribution in [3.8, 4) is 5.75 Å². The molecule has 2 aromatic carbocycles. The van der Waals surface area contributed by atoms with Crippen molar-refractivity contribution >= 4 is 35.0 Å². The van der Waals surface area contributed by atoms with E-state index in [9.17, 15) is 14.0 Å². The number of thioether (sulfide) groups is 1. The number of halogens is 1. The molecular weight excluding hydrogens is 343 g/mol. The van der Waals surface area contributed by atoms with E-state index in [2.05, 4.69) is 10.6 Å². The first kappa shape index (κ1) is 17.3. The van der Waals surface area contributed by atoms with Gasteiger partial charge in [0.15, 0.2) is 6.10 Å². The van der Waals surface area contributed by atoms with Crippen LogP contribution in [0.5, 0.6) is 5.75 Å². The van der Waals surface area contributed by atoms with Crippen LogP contribution in [0.15, 0.2) is 47.4 Å². The van der Waals surface area contributed by atoms with Gasteiger partial charge in [-0.1, -0.05) is 12.1 Å². The lowest BCUT2D eigenvalue weighted by molar-refractivity contribution is -0.122. The topological polar surface area (TPSA) is 67.4 Å². The van der Waals surface area contributed by atoms with Crippen LogP contribution in [-0.4, -0.2) is 23.7 Å². The standard InChI is InChI=1S/C18H17FN2O3S/c1-11-18(23)21-14-10-12(6-7-15(14)24-11)20-17(22)8-9-25-16-5-3-2-4-13(16)19/h2-7,10-11H,8-9H2,1H3,(H,20,22)(H,21,23). The van der Waals surface area contributed by atoms with Crippen molar-refractivity contribution in [2.75, 3.05) is 16.4 Å². The molecule has 7 heteroatoms. The van der Waals surface area contributed by atoms with Gasteiger partial charge in [-0.3, -0.25) is 9.59 Å². The van der Waals surface area contributed by atoms with E-state index < -0.39 is 6.10 Å². The molecular formula is C18H17FN2O3S. The van der Waals surface area contributed by atoms with E-state index in [1.165, 1.54) is 17.8 Å². The molecule has 0 fully saturated rings. The van der Waals surface area contributed by atoms with Crippen LogP contribution < -0.4 is 15.4 Å². The Bertz CT molecular complexity index is 813. The normalized spacial score (nSPS) is 15.8. The van der Waals surface area contributed by atoms with Gasteiger partial charge in [-0.2, -0.15) is 0 Å². The number of anilines is 2. The van der Waals surface area contributed by atoms with Gasteiger partial charge < -0.3 is 15.4 Å². The number of fused-ring (bicyclic) bond motifs is 1. The van der Waals surface area contributed by atoms with Gasteiger partial charge in [-0.05, 0) is 37.3 Å². The van der Waals surface area contributed by atoms with E-state index in [0.717, 1.165) is 0 Å². The molecule has 0 bridgehead atoms. The van der Waals surface area contributed by atoms with Gasteiger partial charge in [-0.15, -0.1) is 11.8 Å². The van der Waals surface area contributed by atoms with E-state index >= 15 is 0 Å². The van der Waals surface area contributed by atoms with E-state index in [1.54, 1.807) is 43.3 Å². The van der Waals surface area contributed by atoms with Crippen molar-refractivity contribution in [2.45, 2.75) is 24.3 Å². The fraction of sp³-hybridized carbons (Fsp3) is 0.222. The number of nitrogens with one attached hydrogen (secondary N) is 2. The Morgan fingerprint density at radius 3 is 2.92 bits per heavy atom. The van der Waals surface area contributed by atoms with Crippen molar-refractivity contribution in [2.24, 2.45) is 0 Å². The monoisotopic (exact) mass is 360 g/mol. The zero-order chi connectivity index (χ0) is 17.8. The molecule has 1 aliphatic rings. The summed E-state index contributed by atoms with van der Waals surface area (Å²) in [6.45, 7) is 1.67. The second kappa shape index (κ2) is 7.57. The van der Waals surface area contributed by atoms with Crippen LogP contribution in [0, 0.1) is 5.82 Å². The summed E-state index contributed by atoms with van der Waals surface area (Å²) in [4.78, 5) is 24.2. The quantitative estimate of drug-likeness (QED) is 0.799. The van der Waals surface area contributed by atoms with Gasteiger partial charge in [0.25, 0.3) is 5.91 Å². The van der Waals surface area contributed by atoms with E-state index in [4.69, 9.17) is 4.74 Å². The molecule has 2 amide bonds. The summed E-state index contributed by atoms with van der Waals surface area (Å²) >= 11 is 1.30. The van der Waals surface area contributed by atoms with Crippen LogP contribution in [-0.2, 0) is 9.59 Å². The summed E-state index contributed by atoms with van der Waals surface area (Å²) in [7, 11) is 0. The maximum absolute atomic E-state index is 13.5. The first-order valence-electron chi connectivity index (χ1n) is 7.81. The Hall–Kier alpha value is -2.54. The maximum Gasteiger partial charge on any atom is 0.265 e. The first-order valence-corrected chi connectivity index (χ1v) is 8.80. The highest BCUT2D eigenvalue weighted by Crippen LogP contribution is 2.32. The Morgan fingerprint density at radius 1 is 1.32 bits per heavy atom. The summed E-state index contributed by atoms with van der Waals surface area (Å²) in [6, 6.07) is 11.5. The summed E-state index contributed by atoms with van der Waals surface area (Å²) < 4.78 is 19.0. The molecule has 25 heavy (non-hydrogen) atoms. The summed E-state index contributed by atoms with van der Waals surface area (Å²) in [5.74, 6) is 0.347. The van der Waals surface area contributed by atoms with Crippen LogP contribution >= 0.6 is 11.8 Å². The number of carbonyl (C=O) groups excluding carboxylic acids is 2. The highest BCUT2D eigenvalue weighted by atomic mass is 32.2. The minimum absolute atomic E-state index is 0.180. The van der Waals surface area contributed by atoms with Gasteiger partial charge in [0.05, 0.1) is 5.69 Å². The predicted molar refractivity (Wildman–Crippen MR) is 95.5 cm³/mol. The smallest absolute Gasteiger partial charge is 0.265 e. The fourth-order valence-electron chi connectivity index (χ4n) is 2.33. The lowest BCUT2D eigenvalue weighted by Crippen LogP contribution is -2.34. The Morgan fingerprint density at radius 2 is 2.12 bits per heavy atom. The Labute approximate surface area is 148 Å². The van der Waals surface area contributed by atoms with Crippen molar-refractivity contribution < 1.29 is 18.7 Å². The molecule has 2 N–H and O–H groups in total. The molecule has 1 unspecified atom stereocenters. The van der Waals surface area contributed by atoms with Gasteiger partial charge in [0.1, 0.15) is 11.6 Å². The van der Waals surface area contributed by atoms with Crippen LogP contribution in [0.2, 0.25) is 0 Å². The molecule has 130 valence electrons. The lowest BCUT2D eigenvalue weighted by atomic mass is 10.2. The molecule has 0 aromatic heterocycles. The van der Waals surface area contributed by atoms with Crippen LogP contribution in [0.4, 0.5) is 15.8 Å². The summed E-state index contributed by atoms with van der Waals surface area (Å²) in [5.41, 5.74) is 1.10. The predicted octanol–water partition coefficient (Wildman–Crippen LogP) is 3.67. The summed E-state index contributed by atoms with van der Waals surface area (Å²) in [6.07, 6.45) is -0.293. The van der Waals surface area contributed by atoms with E-state index in [-0.39, 0.29) is 24.1 Å². The molecule has 0 saturated heterocycles. The molecule has 1 aliphatic heterocycles. The van der Waals surface area contributed by atoms with Crippen LogP contribution in [0.1, 0.15) is 13.3 Å². The number of rotatable bonds is 5. The van der Waals surface area contributed by atoms with Crippen LogP contribution in [0.3, 0.4) is 0 Å². The third-order valence-corrected chi connectivity index (χ3v) is 4.67. The molecule has 1 atom stereocenters. The van der Waals surface area contributed by atoms with Crippen molar-refractivity contribution in [1.82, 2.24) is 0 Å². The average molecular weight is 360 g/mol. The van der Waals surface area contributed by atoms with E-state index in [0.29, 0.717) is 27.8 Å². The molecule has 5 nitrogen and oxygen atoms in total. The number of hydrogen-bond donors (Lipinski definition) is 2. The van der Waals surface area contributed by atoms with Gasteiger partial charge in [0, 0.05) is 22.8 Å². The van der Waals surface area contributed by atoms with E-state index in [1.807, 2.05) is 0 Å². The Kier molecular flexibility index (Phi) is 5.23. The Balaban J connectivity index is 1.54. The third-order valence-electron chi connectivity index (χ3n) is 3.62. The fourth-order valence-corrected chi connectivity index (χ4v) is 3.21. The molecule has 2 aromatic rings. The highest BCUT2D eigenvalue weighted by Gasteiger charge is 2.23. The second-order valence-electron chi connectivity index (χ2n) is 5.54. The molecule has 1 heterocycles. The maximum atomic E-state index is 13.5.